The van der Waals surface area contributed by atoms with Crippen molar-refractivity contribution in [1.82, 2.24) is 25.8 Å². The van der Waals surface area contributed by atoms with Gasteiger partial charge in [-0.25, -0.2) is 4.98 Å². The number of aromatic nitrogens is 1. The highest BCUT2D eigenvalue weighted by Gasteiger charge is 2.31. The molecule has 1 aromatic heterocycles. The summed E-state index contributed by atoms with van der Waals surface area (Å²) in [5, 5.41) is 10.5. The molecule has 3 N–H and O–H groups in total. The van der Waals surface area contributed by atoms with Gasteiger partial charge in [0.2, 0.25) is 17.7 Å². The van der Waals surface area contributed by atoms with Gasteiger partial charge in [0.05, 0.1) is 15.2 Å². The van der Waals surface area contributed by atoms with E-state index in [4.69, 9.17) is 11.6 Å². The Morgan fingerprint density at radius 2 is 1.93 bits per heavy atom. The van der Waals surface area contributed by atoms with Gasteiger partial charge < -0.3 is 16.0 Å². The van der Waals surface area contributed by atoms with Gasteiger partial charge in [-0.1, -0.05) is 37.9 Å². The number of hydrogen-bond donors (Lipinski definition) is 3. The van der Waals surface area contributed by atoms with Crippen LogP contribution in [0, 0.1) is 5.92 Å². The Bertz CT molecular complexity index is 1190. The van der Waals surface area contributed by atoms with Gasteiger partial charge in [-0.2, -0.15) is 11.8 Å². The first-order valence-corrected chi connectivity index (χ1v) is 16.6. The Hall–Kier alpha value is -2.14. The molecule has 1 saturated heterocycles. The predicted octanol–water partition coefficient (Wildman–Crippen LogP) is 4.17. The number of amides is 3. The van der Waals surface area contributed by atoms with Crippen molar-refractivity contribution in [2.24, 2.45) is 5.92 Å². The minimum Gasteiger partial charge on any atom is -0.350 e. The summed E-state index contributed by atoms with van der Waals surface area (Å²) in [4.78, 5) is 46.0. The lowest BCUT2D eigenvalue weighted by atomic mass is 9.97. The van der Waals surface area contributed by atoms with Crippen molar-refractivity contribution in [2.45, 2.75) is 64.0 Å². The predicted molar refractivity (Wildman–Crippen MR) is 165 cm³/mol. The number of hydrogen-bond acceptors (Lipinski definition) is 7. The van der Waals surface area contributed by atoms with Crippen molar-refractivity contribution in [3.05, 3.63) is 40.4 Å². The number of fused-ring (bicyclic) bond motifs is 1. The van der Waals surface area contributed by atoms with Crippen LogP contribution in [-0.2, 0) is 20.8 Å². The standard InChI is InChI=1S/C29H40ClN5O3S2/c1-3-6-26(36)32-23(16-27-33-22-10-9-21(30)15-25(22)40-27)29(38)34-24(20-7-4-5-8-20)17-31-28(37)19(2)18-35-11-13-39-14-12-35/h9-10,15,20,23-24H,2-8,11-14,16-18H2,1H3,(H,31,37)(H,32,36)(H,34,38)/t23?,24-/m1/s1. The molecule has 1 aliphatic carbocycles. The normalized spacial score (nSPS) is 17.9. The third-order valence-corrected chi connectivity index (χ3v) is 9.74. The molecule has 2 heterocycles. The molecular weight excluding hydrogens is 566 g/mol. The second-order valence-electron chi connectivity index (χ2n) is 10.7. The largest absolute Gasteiger partial charge is 0.350 e. The second-order valence-corrected chi connectivity index (χ2v) is 13.4. The number of thioether (sulfide) groups is 1. The molecule has 218 valence electrons. The highest BCUT2D eigenvalue weighted by atomic mass is 35.5. The lowest BCUT2D eigenvalue weighted by Gasteiger charge is -2.29. The first-order valence-electron chi connectivity index (χ1n) is 14.2. The zero-order valence-electron chi connectivity index (χ0n) is 23.2. The number of thiazole rings is 1. The van der Waals surface area contributed by atoms with Crippen molar-refractivity contribution in [3.63, 3.8) is 0 Å². The maximum atomic E-state index is 13.7. The van der Waals surface area contributed by atoms with E-state index in [-0.39, 0.29) is 36.1 Å². The van der Waals surface area contributed by atoms with Crippen molar-refractivity contribution in [3.8, 4) is 0 Å². The number of carbonyl (C=O) groups is 3. The van der Waals surface area contributed by atoms with E-state index < -0.39 is 6.04 Å². The van der Waals surface area contributed by atoms with E-state index in [9.17, 15) is 14.4 Å². The molecule has 0 bridgehead atoms. The molecule has 40 heavy (non-hydrogen) atoms. The van der Waals surface area contributed by atoms with E-state index in [1.807, 2.05) is 30.8 Å². The third-order valence-electron chi connectivity index (χ3n) is 7.52. The molecule has 2 aromatic rings. The van der Waals surface area contributed by atoms with E-state index in [2.05, 4.69) is 32.4 Å². The Balaban J connectivity index is 1.42. The van der Waals surface area contributed by atoms with Crippen LogP contribution in [0.15, 0.2) is 30.4 Å². The summed E-state index contributed by atoms with van der Waals surface area (Å²) in [5.41, 5.74) is 1.36. The lowest BCUT2D eigenvalue weighted by Crippen LogP contribution is -2.55. The van der Waals surface area contributed by atoms with Crippen molar-refractivity contribution >= 4 is 62.6 Å². The van der Waals surface area contributed by atoms with Gasteiger partial charge in [0.25, 0.3) is 0 Å². The maximum absolute atomic E-state index is 13.7. The summed E-state index contributed by atoms with van der Waals surface area (Å²) in [6.07, 6.45) is 5.53. The third kappa shape index (κ3) is 8.93. The number of halogens is 1. The van der Waals surface area contributed by atoms with Crippen LogP contribution in [0.2, 0.25) is 5.02 Å². The molecule has 0 spiro atoms. The van der Waals surface area contributed by atoms with Gasteiger partial charge in [0.15, 0.2) is 0 Å². The SMILES string of the molecule is C=C(CN1CCSCC1)C(=O)NC[C@@H](NC(=O)C(Cc1nc2ccc(Cl)cc2s1)NC(=O)CCC)C1CCCC1. The van der Waals surface area contributed by atoms with E-state index in [0.29, 0.717) is 36.5 Å². The van der Waals surface area contributed by atoms with Gasteiger partial charge in [-0.3, -0.25) is 19.3 Å². The van der Waals surface area contributed by atoms with E-state index >= 15 is 0 Å². The van der Waals surface area contributed by atoms with Crippen LogP contribution in [-0.4, -0.2) is 77.4 Å². The van der Waals surface area contributed by atoms with Crippen LogP contribution in [0.1, 0.15) is 50.5 Å². The minimum absolute atomic E-state index is 0.162. The molecule has 1 unspecified atom stereocenters. The Labute approximate surface area is 250 Å². The van der Waals surface area contributed by atoms with Gasteiger partial charge in [-0.15, -0.1) is 11.3 Å². The molecule has 1 aromatic carbocycles. The highest BCUT2D eigenvalue weighted by Crippen LogP contribution is 2.28. The first kappa shape index (κ1) is 30.8. The van der Waals surface area contributed by atoms with Crippen molar-refractivity contribution in [2.75, 3.05) is 37.7 Å². The molecule has 0 radical (unpaired) electrons. The van der Waals surface area contributed by atoms with Crippen LogP contribution in [0.5, 0.6) is 0 Å². The van der Waals surface area contributed by atoms with Crippen LogP contribution in [0.3, 0.4) is 0 Å². The molecule has 11 heteroatoms. The molecule has 4 rings (SSSR count). The molecule has 2 atom stereocenters. The smallest absolute Gasteiger partial charge is 0.247 e. The molecule has 2 aliphatic rings. The second kappa shape index (κ2) is 15.2. The first-order chi connectivity index (χ1) is 19.3. The number of nitrogens with one attached hydrogen (secondary N) is 3. The Morgan fingerprint density at radius 1 is 1.18 bits per heavy atom. The van der Waals surface area contributed by atoms with Crippen LogP contribution in [0.25, 0.3) is 10.2 Å². The summed E-state index contributed by atoms with van der Waals surface area (Å²) in [6, 6.07) is 4.53. The Kier molecular flexibility index (Phi) is 11.7. The molecule has 1 saturated carbocycles. The van der Waals surface area contributed by atoms with Gasteiger partial charge in [-0.05, 0) is 43.4 Å². The van der Waals surface area contributed by atoms with Crippen molar-refractivity contribution < 1.29 is 14.4 Å². The topological polar surface area (TPSA) is 103 Å². The van der Waals surface area contributed by atoms with Crippen LogP contribution >= 0.6 is 34.7 Å². The summed E-state index contributed by atoms with van der Waals surface area (Å²) in [5.74, 6) is 1.84. The fourth-order valence-corrected chi connectivity index (χ4v) is 7.59. The monoisotopic (exact) mass is 605 g/mol. The Morgan fingerprint density at radius 3 is 2.65 bits per heavy atom. The van der Waals surface area contributed by atoms with Gasteiger partial charge in [0, 0.05) is 67.2 Å². The molecule has 3 amide bonds. The van der Waals surface area contributed by atoms with Gasteiger partial charge >= 0.3 is 0 Å². The van der Waals surface area contributed by atoms with E-state index in [1.165, 1.54) is 11.3 Å². The van der Waals surface area contributed by atoms with Crippen LogP contribution < -0.4 is 16.0 Å². The van der Waals surface area contributed by atoms with E-state index in [0.717, 1.165) is 65.5 Å². The minimum atomic E-state index is -0.762. The lowest BCUT2D eigenvalue weighted by molar-refractivity contribution is -0.129. The summed E-state index contributed by atoms with van der Waals surface area (Å²) in [7, 11) is 0. The number of benzene rings is 1. The summed E-state index contributed by atoms with van der Waals surface area (Å²) >= 11 is 9.55. The van der Waals surface area contributed by atoms with Crippen LogP contribution in [0.4, 0.5) is 0 Å². The average molecular weight is 606 g/mol. The number of carbonyl (C=O) groups excluding carboxylic acids is 3. The molecule has 8 nitrogen and oxygen atoms in total. The number of rotatable bonds is 13. The summed E-state index contributed by atoms with van der Waals surface area (Å²) in [6.45, 7) is 8.78. The highest BCUT2D eigenvalue weighted by molar-refractivity contribution is 7.99. The fraction of sp³-hybridized carbons (Fsp3) is 0.586. The molecular formula is C29H40ClN5O3S2. The van der Waals surface area contributed by atoms with Gasteiger partial charge in [0.1, 0.15) is 6.04 Å². The summed E-state index contributed by atoms with van der Waals surface area (Å²) < 4.78 is 0.941. The average Bonchev–Trinajstić information content (AvgIpc) is 3.61. The zero-order valence-corrected chi connectivity index (χ0v) is 25.6. The molecule has 1 aliphatic heterocycles. The maximum Gasteiger partial charge on any atom is 0.247 e. The zero-order chi connectivity index (χ0) is 28.5. The quantitative estimate of drug-likeness (QED) is 0.296. The van der Waals surface area contributed by atoms with Crippen molar-refractivity contribution in [1.29, 1.82) is 0 Å². The molecule has 2 fully saturated rings. The fourth-order valence-electron chi connectivity index (χ4n) is 5.32. The van der Waals surface area contributed by atoms with E-state index in [1.54, 1.807) is 6.07 Å². The number of nitrogens with zero attached hydrogens (tertiary/aromatic N) is 2.